The first-order valence-electron chi connectivity index (χ1n) is 12.0. The van der Waals surface area contributed by atoms with Crippen molar-refractivity contribution in [2.24, 2.45) is 0 Å². The van der Waals surface area contributed by atoms with E-state index < -0.39 is 23.3 Å². The van der Waals surface area contributed by atoms with Crippen LogP contribution >= 0.6 is 0 Å². The van der Waals surface area contributed by atoms with Crippen LogP contribution in [0.3, 0.4) is 0 Å². The molecule has 1 atom stereocenters. The Kier molecular flexibility index (Phi) is 7.69. The molecule has 0 saturated carbocycles. The normalized spacial score (nSPS) is 12.1. The van der Waals surface area contributed by atoms with Gasteiger partial charge >= 0.3 is 6.09 Å². The van der Waals surface area contributed by atoms with Crippen LogP contribution in [0.1, 0.15) is 50.6 Å². The van der Waals surface area contributed by atoms with E-state index in [0.29, 0.717) is 29.0 Å². The van der Waals surface area contributed by atoms with Crippen LogP contribution in [-0.4, -0.2) is 43.0 Å². The molecule has 4 aromatic rings. The lowest BCUT2D eigenvalue weighted by atomic mass is 9.91. The highest BCUT2D eigenvalue weighted by molar-refractivity contribution is 5.83. The molecule has 0 spiro atoms. The zero-order chi connectivity index (χ0) is 27.4. The van der Waals surface area contributed by atoms with Gasteiger partial charge in [-0.2, -0.15) is 0 Å². The number of anilines is 1. The predicted octanol–water partition coefficient (Wildman–Crippen LogP) is 5.11. The lowest BCUT2D eigenvalue weighted by molar-refractivity contribution is 0.143. The number of pyridine rings is 2. The minimum atomic E-state index is -1.20. The first-order valence-corrected chi connectivity index (χ1v) is 12.0. The van der Waals surface area contributed by atoms with Gasteiger partial charge in [0.05, 0.1) is 12.3 Å². The lowest BCUT2D eigenvalue weighted by Crippen LogP contribution is -2.15. The highest BCUT2D eigenvalue weighted by atomic mass is 19.1. The van der Waals surface area contributed by atoms with Crippen molar-refractivity contribution >= 4 is 17.7 Å². The molecular weight excluding hydrogens is 492 g/mol. The minimum Gasteiger partial charge on any atom is -0.450 e. The summed E-state index contributed by atoms with van der Waals surface area (Å²) in [6, 6.07) is 10.6. The number of benzene rings is 1. The molecule has 4 rings (SSSR count). The summed E-state index contributed by atoms with van der Waals surface area (Å²) in [5.74, 6) is 4.28. The number of aromatic nitrogens is 4. The molecule has 1 amide bonds. The van der Waals surface area contributed by atoms with E-state index in [1.807, 2.05) is 19.1 Å². The van der Waals surface area contributed by atoms with Crippen LogP contribution < -0.4 is 5.32 Å². The summed E-state index contributed by atoms with van der Waals surface area (Å²) in [4.78, 5) is 16.7. The summed E-state index contributed by atoms with van der Waals surface area (Å²) in [6.07, 6.45) is 1.43. The number of hydrogen-bond donors (Lipinski definition) is 2. The molecule has 8 nitrogen and oxygen atoms in total. The van der Waals surface area contributed by atoms with Crippen molar-refractivity contribution in [1.29, 1.82) is 0 Å². The van der Waals surface area contributed by atoms with Crippen molar-refractivity contribution < 1.29 is 23.4 Å². The van der Waals surface area contributed by atoms with Crippen molar-refractivity contribution in [2.75, 3.05) is 11.9 Å². The van der Waals surface area contributed by atoms with Gasteiger partial charge in [0.25, 0.3) is 0 Å². The Bertz CT molecular complexity index is 1530. The summed E-state index contributed by atoms with van der Waals surface area (Å²) in [5.41, 5.74) is 2.37. The third kappa shape index (κ3) is 6.49. The monoisotopic (exact) mass is 519 g/mol. The average molecular weight is 520 g/mol. The maximum Gasteiger partial charge on any atom is 0.414 e. The number of hydrogen-bond acceptors (Lipinski definition) is 6. The molecule has 0 fully saturated rings. The van der Waals surface area contributed by atoms with Crippen molar-refractivity contribution in [1.82, 2.24) is 19.6 Å². The molecule has 2 N–H and O–H groups in total. The molecular formula is C28H27F2N5O3. The molecule has 0 aliphatic carbocycles. The number of amides is 1. The first-order chi connectivity index (χ1) is 18.0. The van der Waals surface area contributed by atoms with Crippen LogP contribution in [0.25, 0.3) is 16.8 Å². The fourth-order valence-corrected chi connectivity index (χ4v) is 3.95. The number of nitrogens with zero attached hydrogens (tertiary/aromatic N) is 4. The number of halogens is 2. The van der Waals surface area contributed by atoms with Crippen LogP contribution in [0.15, 0.2) is 48.7 Å². The standard InChI is InChI=1S/C28H27F2N5O3/c1-5-38-27(36)32-26-34-33-24-9-6-19(16-35(24)26)23-8-7-22(10-11-28(3,4)37)31-25(23)17(2)12-18-13-20(29)15-21(30)14-18/h6-9,13-17,37H,5,12H2,1-4H3,(H,32,34,36)/t17-/m0/s1. The SMILES string of the molecule is CCOC(=O)Nc1nnc2ccc(-c3ccc(C#CC(C)(C)O)nc3[C@@H](C)Cc3cc(F)cc(F)c3)cn12. The maximum atomic E-state index is 13.8. The average Bonchev–Trinajstić information content (AvgIpc) is 3.23. The van der Waals surface area contributed by atoms with Gasteiger partial charge in [-0.1, -0.05) is 12.8 Å². The number of ether oxygens (including phenoxy) is 1. The van der Waals surface area contributed by atoms with Crippen molar-refractivity contribution in [3.05, 3.63) is 77.2 Å². The van der Waals surface area contributed by atoms with Crippen molar-refractivity contribution in [3.8, 4) is 23.0 Å². The molecule has 0 saturated heterocycles. The van der Waals surface area contributed by atoms with E-state index in [9.17, 15) is 18.7 Å². The van der Waals surface area contributed by atoms with Crippen LogP contribution in [0.5, 0.6) is 0 Å². The molecule has 196 valence electrons. The Hall–Kier alpha value is -4.36. The molecule has 0 radical (unpaired) electrons. The van der Waals surface area contributed by atoms with Gasteiger partial charge in [0.1, 0.15) is 22.9 Å². The Balaban J connectivity index is 1.78. The van der Waals surface area contributed by atoms with Crippen molar-refractivity contribution in [3.63, 3.8) is 0 Å². The Morgan fingerprint density at radius 1 is 1.16 bits per heavy atom. The third-order valence-corrected chi connectivity index (χ3v) is 5.55. The van der Waals surface area contributed by atoms with Gasteiger partial charge in [-0.05, 0) is 75.1 Å². The van der Waals surface area contributed by atoms with E-state index in [4.69, 9.17) is 9.72 Å². The first kappa shape index (κ1) is 26.7. The second-order valence-electron chi connectivity index (χ2n) is 9.34. The van der Waals surface area contributed by atoms with E-state index in [0.717, 1.165) is 17.2 Å². The molecule has 10 heteroatoms. The van der Waals surface area contributed by atoms with Crippen LogP contribution in [0, 0.1) is 23.5 Å². The van der Waals surface area contributed by atoms with E-state index >= 15 is 0 Å². The van der Waals surface area contributed by atoms with E-state index in [1.165, 1.54) is 12.1 Å². The molecule has 0 aliphatic heterocycles. The van der Waals surface area contributed by atoms with Crippen LogP contribution in [0.4, 0.5) is 19.5 Å². The zero-order valence-electron chi connectivity index (χ0n) is 21.4. The predicted molar refractivity (Wildman–Crippen MR) is 139 cm³/mol. The topological polar surface area (TPSA) is 102 Å². The molecule has 3 heterocycles. The number of aliphatic hydroxyl groups is 1. The van der Waals surface area contributed by atoms with E-state index in [2.05, 4.69) is 27.4 Å². The largest absolute Gasteiger partial charge is 0.450 e. The van der Waals surface area contributed by atoms with Gasteiger partial charge in [0.15, 0.2) is 5.65 Å². The van der Waals surface area contributed by atoms with Gasteiger partial charge in [0, 0.05) is 29.3 Å². The number of nitrogens with one attached hydrogen (secondary N) is 1. The third-order valence-electron chi connectivity index (χ3n) is 5.55. The fraction of sp³-hybridized carbons (Fsp3) is 0.286. The fourth-order valence-electron chi connectivity index (χ4n) is 3.95. The quantitative estimate of drug-likeness (QED) is 0.344. The lowest BCUT2D eigenvalue weighted by Gasteiger charge is -2.17. The van der Waals surface area contributed by atoms with Crippen molar-refractivity contribution in [2.45, 2.75) is 45.6 Å². The van der Waals surface area contributed by atoms with Crippen LogP contribution in [0.2, 0.25) is 0 Å². The second-order valence-corrected chi connectivity index (χ2v) is 9.34. The molecule has 0 unspecified atom stereocenters. The van der Waals surface area contributed by atoms with Gasteiger partial charge in [0.2, 0.25) is 5.95 Å². The van der Waals surface area contributed by atoms with Gasteiger partial charge in [-0.25, -0.2) is 18.6 Å². The Labute approximate surface area is 218 Å². The van der Waals surface area contributed by atoms with Gasteiger partial charge < -0.3 is 9.84 Å². The zero-order valence-corrected chi connectivity index (χ0v) is 21.4. The molecule has 0 aliphatic rings. The maximum absolute atomic E-state index is 13.8. The Morgan fingerprint density at radius 2 is 1.89 bits per heavy atom. The summed E-state index contributed by atoms with van der Waals surface area (Å²) in [6.45, 7) is 6.97. The van der Waals surface area contributed by atoms with Gasteiger partial charge in [-0.15, -0.1) is 10.2 Å². The summed E-state index contributed by atoms with van der Waals surface area (Å²) < 4.78 is 34.2. The molecule has 3 aromatic heterocycles. The van der Waals surface area contributed by atoms with E-state index in [1.54, 1.807) is 43.5 Å². The molecule has 0 bridgehead atoms. The highest BCUT2D eigenvalue weighted by Gasteiger charge is 2.18. The summed E-state index contributed by atoms with van der Waals surface area (Å²) in [5, 5.41) is 20.7. The molecule has 38 heavy (non-hydrogen) atoms. The van der Waals surface area contributed by atoms with E-state index in [-0.39, 0.29) is 18.5 Å². The summed E-state index contributed by atoms with van der Waals surface area (Å²) in [7, 11) is 0. The highest BCUT2D eigenvalue weighted by Crippen LogP contribution is 2.31. The van der Waals surface area contributed by atoms with Crippen LogP contribution in [-0.2, 0) is 11.2 Å². The molecule has 1 aromatic carbocycles. The smallest absolute Gasteiger partial charge is 0.414 e. The second kappa shape index (κ2) is 10.9. The number of carbonyl (C=O) groups excluding carboxylic acids is 1. The number of carbonyl (C=O) groups is 1. The minimum absolute atomic E-state index is 0.186. The number of fused-ring (bicyclic) bond motifs is 1. The number of rotatable bonds is 6. The Morgan fingerprint density at radius 3 is 2.58 bits per heavy atom. The summed E-state index contributed by atoms with van der Waals surface area (Å²) >= 11 is 0. The van der Waals surface area contributed by atoms with Gasteiger partial charge in [-0.3, -0.25) is 9.72 Å².